The van der Waals surface area contributed by atoms with Gasteiger partial charge in [-0.3, -0.25) is 14.3 Å². The predicted octanol–water partition coefficient (Wildman–Crippen LogP) is 2.17. The molecule has 1 unspecified atom stereocenters. The average Bonchev–Trinajstić information content (AvgIpc) is 3.28. The number of imide groups is 1. The highest BCUT2D eigenvalue weighted by Crippen LogP contribution is 2.28. The predicted molar refractivity (Wildman–Crippen MR) is 103 cm³/mol. The van der Waals surface area contributed by atoms with Crippen LogP contribution in [0.5, 0.6) is 5.75 Å². The van der Waals surface area contributed by atoms with E-state index in [1.54, 1.807) is 20.1 Å². The number of allylic oxidation sites excluding steroid dienone is 1. The van der Waals surface area contributed by atoms with Gasteiger partial charge in [-0.15, -0.1) is 16.8 Å². The largest absolute Gasteiger partial charge is 0.497 e. The summed E-state index contributed by atoms with van der Waals surface area (Å²) in [7, 11) is 1.61. The molecule has 9 heteroatoms. The van der Waals surface area contributed by atoms with E-state index in [4.69, 9.17) is 4.74 Å². The van der Waals surface area contributed by atoms with Crippen LogP contribution in [0, 0.1) is 0 Å². The van der Waals surface area contributed by atoms with E-state index in [-0.39, 0.29) is 11.9 Å². The zero-order valence-corrected chi connectivity index (χ0v) is 16.0. The molecule has 1 atom stereocenters. The topological polar surface area (TPSA) is 89.4 Å². The summed E-state index contributed by atoms with van der Waals surface area (Å²) in [5, 5.41) is 11.3. The molecule has 3 amide bonds. The van der Waals surface area contributed by atoms with Crippen molar-refractivity contribution in [3.8, 4) is 17.1 Å². The number of methoxy groups -OCH3 is 1. The Bertz CT molecular complexity index is 849. The lowest BCUT2D eigenvalue weighted by Gasteiger charge is -2.17. The van der Waals surface area contributed by atoms with Crippen LogP contribution in [0.4, 0.5) is 4.79 Å². The van der Waals surface area contributed by atoms with Crippen molar-refractivity contribution in [2.45, 2.75) is 23.9 Å². The highest BCUT2D eigenvalue weighted by molar-refractivity contribution is 8.00. The van der Waals surface area contributed by atoms with Crippen molar-refractivity contribution in [1.82, 2.24) is 25.0 Å². The molecule has 1 saturated heterocycles. The standard InChI is InChI=1S/C18H21N5O3S/c1-4-10-22-15(13-5-7-14(26-3)8-6-13)20-21-18(22)27-12(2)16(24)23-11-9-19-17(23)25/h4-8,12H,1,9-11H2,2-3H3,(H,19,25). The Morgan fingerprint density at radius 2 is 2.15 bits per heavy atom. The number of ether oxygens (including phenoxy) is 1. The summed E-state index contributed by atoms with van der Waals surface area (Å²) in [5.41, 5.74) is 0.884. The van der Waals surface area contributed by atoms with E-state index in [2.05, 4.69) is 22.1 Å². The van der Waals surface area contributed by atoms with Crippen molar-refractivity contribution in [2.75, 3.05) is 20.2 Å². The molecule has 0 radical (unpaired) electrons. The van der Waals surface area contributed by atoms with Crippen LogP contribution in [0.1, 0.15) is 6.92 Å². The SMILES string of the molecule is C=CCn1c(SC(C)C(=O)N2CCNC2=O)nnc1-c1ccc(OC)cc1. The lowest BCUT2D eigenvalue weighted by Crippen LogP contribution is -2.39. The number of amides is 3. The Morgan fingerprint density at radius 1 is 1.41 bits per heavy atom. The number of nitrogens with one attached hydrogen (secondary N) is 1. The summed E-state index contributed by atoms with van der Waals surface area (Å²) in [5.74, 6) is 1.19. The Labute approximate surface area is 161 Å². The maximum Gasteiger partial charge on any atom is 0.324 e. The van der Waals surface area contributed by atoms with Gasteiger partial charge in [0.25, 0.3) is 0 Å². The minimum absolute atomic E-state index is 0.242. The number of carbonyl (C=O) groups excluding carboxylic acids is 2. The van der Waals surface area contributed by atoms with Gasteiger partial charge in [0.15, 0.2) is 11.0 Å². The summed E-state index contributed by atoms with van der Waals surface area (Å²) >= 11 is 1.28. The van der Waals surface area contributed by atoms with Gasteiger partial charge < -0.3 is 10.1 Å². The van der Waals surface area contributed by atoms with Crippen LogP contribution in [-0.4, -0.2) is 57.1 Å². The average molecular weight is 387 g/mol. The first-order valence-corrected chi connectivity index (χ1v) is 9.37. The van der Waals surface area contributed by atoms with Crippen molar-refractivity contribution in [3.05, 3.63) is 36.9 Å². The number of urea groups is 1. The van der Waals surface area contributed by atoms with Crippen LogP contribution >= 0.6 is 11.8 Å². The number of benzene rings is 1. The van der Waals surface area contributed by atoms with E-state index < -0.39 is 5.25 Å². The summed E-state index contributed by atoms with van der Waals surface area (Å²) in [6.07, 6.45) is 1.75. The smallest absolute Gasteiger partial charge is 0.324 e. The van der Waals surface area contributed by atoms with E-state index in [9.17, 15) is 9.59 Å². The van der Waals surface area contributed by atoms with Gasteiger partial charge in [-0.05, 0) is 31.2 Å². The molecule has 0 spiro atoms. The molecule has 1 fully saturated rings. The molecule has 27 heavy (non-hydrogen) atoms. The summed E-state index contributed by atoms with van der Waals surface area (Å²) in [6, 6.07) is 7.17. The zero-order valence-electron chi connectivity index (χ0n) is 15.2. The van der Waals surface area contributed by atoms with E-state index in [1.165, 1.54) is 16.7 Å². The minimum atomic E-state index is -0.467. The van der Waals surface area contributed by atoms with E-state index >= 15 is 0 Å². The molecule has 3 rings (SSSR count). The van der Waals surface area contributed by atoms with Gasteiger partial charge >= 0.3 is 6.03 Å². The highest BCUT2D eigenvalue weighted by atomic mass is 32.2. The van der Waals surface area contributed by atoms with E-state index in [1.807, 2.05) is 28.8 Å². The van der Waals surface area contributed by atoms with Crippen LogP contribution < -0.4 is 10.1 Å². The molecule has 1 aromatic carbocycles. The lowest BCUT2D eigenvalue weighted by molar-refractivity contribution is -0.126. The Kier molecular flexibility index (Phi) is 5.80. The number of thioether (sulfide) groups is 1. The molecule has 1 N–H and O–H groups in total. The van der Waals surface area contributed by atoms with Crippen molar-refractivity contribution in [1.29, 1.82) is 0 Å². The van der Waals surface area contributed by atoms with Crippen LogP contribution in [0.25, 0.3) is 11.4 Å². The molecular weight excluding hydrogens is 366 g/mol. The lowest BCUT2D eigenvalue weighted by atomic mass is 10.2. The third-order valence-electron chi connectivity index (χ3n) is 4.13. The molecule has 0 aliphatic carbocycles. The second-order valence-electron chi connectivity index (χ2n) is 5.92. The molecule has 2 heterocycles. The Morgan fingerprint density at radius 3 is 2.74 bits per heavy atom. The molecule has 1 aliphatic rings. The minimum Gasteiger partial charge on any atom is -0.497 e. The highest BCUT2D eigenvalue weighted by Gasteiger charge is 2.31. The molecule has 142 valence electrons. The fraction of sp³-hybridized carbons (Fsp3) is 0.333. The van der Waals surface area contributed by atoms with E-state index in [0.717, 1.165) is 11.3 Å². The zero-order chi connectivity index (χ0) is 19.4. The molecule has 1 aromatic heterocycles. The van der Waals surface area contributed by atoms with Gasteiger partial charge in [0.05, 0.1) is 12.4 Å². The second-order valence-corrected chi connectivity index (χ2v) is 7.22. The second kappa shape index (κ2) is 8.26. The van der Waals surface area contributed by atoms with Crippen molar-refractivity contribution in [3.63, 3.8) is 0 Å². The number of hydrogen-bond donors (Lipinski definition) is 1. The summed E-state index contributed by atoms with van der Waals surface area (Å²) in [6.45, 7) is 6.93. The van der Waals surface area contributed by atoms with Gasteiger partial charge in [0.1, 0.15) is 5.75 Å². The third kappa shape index (κ3) is 3.97. The van der Waals surface area contributed by atoms with Crippen LogP contribution in [0.2, 0.25) is 0 Å². The van der Waals surface area contributed by atoms with Gasteiger partial charge in [-0.1, -0.05) is 17.8 Å². The van der Waals surface area contributed by atoms with Gasteiger partial charge in [-0.2, -0.15) is 0 Å². The maximum absolute atomic E-state index is 12.5. The third-order valence-corrected chi connectivity index (χ3v) is 5.20. The normalized spacial score (nSPS) is 14.7. The number of rotatable bonds is 7. The first kappa shape index (κ1) is 19.0. The number of hydrogen-bond acceptors (Lipinski definition) is 6. The van der Waals surface area contributed by atoms with Gasteiger partial charge in [0.2, 0.25) is 5.91 Å². The molecule has 0 saturated carbocycles. The Balaban J connectivity index is 1.82. The fourth-order valence-electron chi connectivity index (χ4n) is 2.73. The Hall–Kier alpha value is -2.81. The molecule has 8 nitrogen and oxygen atoms in total. The van der Waals surface area contributed by atoms with Crippen molar-refractivity contribution in [2.24, 2.45) is 0 Å². The monoisotopic (exact) mass is 387 g/mol. The molecule has 1 aliphatic heterocycles. The first-order valence-electron chi connectivity index (χ1n) is 8.49. The number of nitrogens with zero attached hydrogens (tertiary/aromatic N) is 4. The summed E-state index contributed by atoms with van der Waals surface area (Å²) in [4.78, 5) is 25.5. The molecule has 2 aromatic rings. The van der Waals surface area contributed by atoms with Crippen molar-refractivity contribution < 1.29 is 14.3 Å². The quantitative estimate of drug-likeness (QED) is 0.579. The molecule has 0 bridgehead atoms. The molecular formula is C18H21N5O3S. The maximum atomic E-state index is 12.5. The number of carbonyl (C=O) groups is 2. The van der Waals surface area contributed by atoms with Gasteiger partial charge in [-0.25, -0.2) is 4.79 Å². The van der Waals surface area contributed by atoms with E-state index in [0.29, 0.717) is 30.6 Å². The van der Waals surface area contributed by atoms with Crippen LogP contribution in [-0.2, 0) is 11.3 Å². The van der Waals surface area contributed by atoms with Crippen LogP contribution in [0.15, 0.2) is 42.1 Å². The fourth-order valence-corrected chi connectivity index (χ4v) is 3.65. The number of aromatic nitrogens is 3. The van der Waals surface area contributed by atoms with Crippen LogP contribution in [0.3, 0.4) is 0 Å². The summed E-state index contributed by atoms with van der Waals surface area (Å²) < 4.78 is 7.08. The van der Waals surface area contributed by atoms with Gasteiger partial charge in [0, 0.05) is 25.2 Å². The first-order chi connectivity index (χ1) is 13.0. The van der Waals surface area contributed by atoms with Crippen molar-refractivity contribution >= 4 is 23.7 Å².